The predicted octanol–water partition coefficient (Wildman–Crippen LogP) is 2.84. The van der Waals surface area contributed by atoms with E-state index in [9.17, 15) is 9.90 Å². The second kappa shape index (κ2) is 6.50. The van der Waals surface area contributed by atoms with E-state index in [2.05, 4.69) is 5.32 Å². The summed E-state index contributed by atoms with van der Waals surface area (Å²) in [4.78, 5) is 11.8. The van der Waals surface area contributed by atoms with E-state index in [4.69, 9.17) is 11.6 Å². The van der Waals surface area contributed by atoms with Gasteiger partial charge >= 0.3 is 0 Å². The van der Waals surface area contributed by atoms with Gasteiger partial charge in [0, 0.05) is 11.9 Å². The van der Waals surface area contributed by atoms with Gasteiger partial charge < -0.3 is 10.4 Å². The molecular weight excluding hydrogens is 238 g/mol. The molecule has 94 valence electrons. The van der Waals surface area contributed by atoms with Crippen LogP contribution >= 0.6 is 11.6 Å². The van der Waals surface area contributed by atoms with E-state index in [1.165, 1.54) is 0 Å². The summed E-state index contributed by atoms with van der Waals surface area (Å²) in [6.45, 7) is 4.26. The molecule has 3 nitrogen and oxygen atoms in total. The lowest BCUT2D eigenvalue weighted by Crippen LogP contribution is -2.25. The molecule has 1 atom stereocenters. The van der Waals surface area contributed by atoms with Crippen LogP contribution in [0.1, 0.15) is 35.7 Å². The monoisotopic (exact) mass is 255 g/mol. The first kappa shape index (κ1) is 13.8. The Kier molecular flexibility index (Phi) is 5.29. The second-order valence-electron chi connectivity index (χ2n) is 4.15. The maximum atomic E-state index is 11.8. The highest BCUT2D eigenvalue weighted by atomic mass is 35.5. The average Bonchev–Trinajstić information content (AvgIpc) is 2.27. The standard InChI is InChI=1S/C13H18ClNO2/c1-9-5-3-7-11(12(9)16)13(17)15-8-4-6-10(2)14/h3,5,7,10,16H,4,6,8H2,1-2H3,(H,15,17). The van der Waals surface area contributed by atoms with Crippen molar-refractivity contribution in [3.63, 3.8) is 0 Å². The number of benzene rings is 1. The number of carbonyl (C=O) groups excluding carboxylic acids is 1. The first-order valence-electron chi connectivity index (χ1n) is 5.73. The quantitative estimate of drug-likeness (QED) is 0.628. The molecule has 0 aliphatic rings. The van der Waals surface area contributed by atoms with Gasteiger partial charge in [0.2, 0.25) is 0 Å². The van der Waals surface area contributed by atoms with Gasteiger partial charge in [-0.1, -0.05) is 12.1 Å². The number of rotatable bonds is 5. The number of amides is 1. The largest absolute Gasteiger partial charge is 0.507 e. The molecule has 0 aliphatic carbocycles. The van der Waals surface area contributed by atoms with E-state index >= 15 is 0 Å². The van der Waals surface area contributed by atoms with Crippen molar-refractivity contribution in [2.75, 3.05) is 6.54 Å². The van der Waals surface area contributed by atoms with Crippen LogP contribution < -0.4 is 5.32 Å². The lowest BCUT2D eigenvalue weighted by atomic mass is 10.1. The molecule has 1 aromatic carbocycles. The third-order valence-electron chi connectivity index (χ3n) is 2.55. The van der Waals surface area contributed by atoms with Crippen molar-refractivity contribution in [3.05, 3.63) is 29.3 Å². The van der Waals surface area contributed by atoms with Gasteiger partial charge in [0.05, 0.1) is 5.56 Å². The molecule has 1 aromatic rings. The number of para-hydroxylation sites is 1. The highest BCUT2D eigenvalue weighted by molar-refractivity contribution is 6.20. The van der Waals surface area contributed by atoms with Crippen LogP contribution in [0, 0.1) is 6.92 Å². The normalized spacial score (nSPS) is 12.2. The molecule has 0 spiro atoms. The Morgan fingerprint density at radius 3 is 2.88 bits per heavy atom. The number of alkyl halides is 1. The molecule has 0 fully saturated rings. The van der Waals surface area contributed by atoms with Crippen molar-refractivity contribution in [1.29, 1.82) is 0 Å². The van der Waals surface area contributed by atoms with Gasteiger partial charge in [0.25, 0.3) is 5.91 Å². The summed E-state index contributed by atoms with van der Waals surface area (Å²) >= 11 is 5.80. The fraction of sp³-hybridized carbons (Fsp3) is 0.462. The number of nitrogens with one attached hydrogen (secondary N) is 1. The molecule has 0 aromatic heterocycles. The zero-order chi connectivity index (χ0) is 12.8. The van der Waals surface area contributed by atoms with Gasteiger partial charge in [0.15, 0.2) is 0 Å². The van der Waals surface area contributed by atoms with Crippen LogP contribution in [0.15, 0.2) is 18.2 Å². The first-order chi connectivity index (χ1) is 8.02. The van der Waals surface area contributed by atoms with Gasteiger partial charge in [-0.25, -0.2) is 0 Å². The maximum Gasteiger partial charge on any atom is 0.255 e. The maximum absolute atomic E-state index is 11.8. The summed E-state index contributed by atoms with van der Waals surface area (Å²) in [7, 11) is 0. The molecular formula is C13H18ClNO2. The van der Waals surface area contributed by atoms with Gasteiger partial charge in [-0.05, 0) is 38.3 Å². The fourth-order valence-corrected chi connectivity index (χ4v) is 1.68. The van der Waals surface area contributed by atoms with Crippen LogP contribution in [-0.2, 0) is 0 Å². The number of phenols is 1. The number of carbonyl (C=O) groups is 1. The Labute approximate surface area is 107 Å². The van der Waals surface area contributed by atoms with Gasteiger partial charge in [-0.3, -0.25) is 4.79 Å². The first-order valence-corrected chi connectivity index (χ1v) is 6.17. The second-order valence-corrected chi connectivity index (χ2v) is 4.90. The van der Waals surface area contributed by atoms with Crippen LogP contribution in [0.5, 0.6) is 5.75 Å². The van der Waals surface area contributed by atoms with Crippen LogP contribution in [0.4, 0.5) is 0 Å². The summed E-state index contributed by atoms with van der Waals surface area (Å²) < 4.78 is 0. The molecule has 0 heterocycles. The van der Waals surface area contributed by atoms with E-state index < -0.39 is 0 Å². The number of hydrogen-bond acceptors (Lipinski definition) is 2. The number of halogens is 1. The van der Waals surface area contributed by atoms with E-state index in [0.717, 1.165) is 12.8 Å². The molecule has 1 amide bonds. The van der Waals surface area contributed by atoms with E-state index in [-0.39, 0.29) is 17.0 Å². The molecule has 0 aliphatic heterocycles. The smallest absolute Gasteiger partial charge is 0.255 e. The van der Waals surface area contributed by atoms with Crippen molar-refractivity contribution in [3.8, 4) is 5.75 Å². The zero-order valence-corrected chi connectivity index (χ0v) is 10.9. The minimum atomic E-state index is -0.242. The summed E-state index contributed by atoms with van der Waals surface area (Å²) in [5.74, 6) is -0.191. The molecule has 0 saturated heterocycles. The van der Waals surface area contributed by atoms with Crippen molar-refractivity contribution >= 4 is 17.5 Å². The highest BCUT2D eigenvalue weighted by Gasteiger charge is 2.11. The Morgan fingerprint density at radius 2 is 2.24 bits per heavy atom. The summed E-state index contributed by atoms with van der Waals surface area (Å²) in [5.41, 5.74) is 1.02. The number of hydrogen-bond donors (Lipinski definition) is 2. The number of aryl methyl sites for hydroxylation is 1. The highest BCUT2D eigenvalue weighted by Crippen LogP contribution is 2.20. The Bertz CT molecular complexity index is 391. The minimum Gasteiger partial charge on any atom is -0.507 e. The molecule has 4 heteroatoms. The Balaban J connectivity index is 2.50. The molecule has 0 bridgehead atoms. The summed E-state index contributed by atoms with van der Waals surface area (Å²) in [6.07, 6.45) is 1.70. The van der Waals surface area contributed by atoms with E-state index in [0.29, 0.717) is 17.7 Å². The van der Waals surface area contributed by atoms with Gasteiger partial charge in [-0.15, -0.1) is 11.6 Å². The zero-order valence-electron chi connectivity index (χ0n) is 10.2. The fourth-order valence-electron chi connectivity index (χ4n) is 1.52. The topological polar surface area (TPSA) is 49.3 Å². The van der Waals surface area contributed by atoms with Gasteiger partial charge in [-0.2, -0.15) is 0 Å². The summed E-state index contributed by atoms with van der Waals surface area (Å²) in [5, 5.41) is 12.6. The predicted molar refractivity (Wildman–Crippen MR) is 69.7 cm³/mol. The Hall–Kier alpha value is -1.22. The lowest BCUT2D eigenvalue weighted by molar-refractivity contribution is 0.0950. The molecule has 2 N–H and O–H groups in total. The molecule has 1 unspecified atom stereocenters. The number of phenolic OH excluding ortho intramolecular Hbond substituents is 1. The third-order valence-corrected chi connectivity index (χ3v) is 2.76. The van der Waals surface area contributed by atoms with Crippen LogP contribution in [0.25, 0.3) is 0 Å². The van der Waals surface area contributed by atoms with Crippen LogP contribution in [-0.4, -0.2) is 22.9 Å². The van der Waals surface area contributed by atoms with Crippen molar-refractivity contribution in [1.82, 2.24) is 5.32 Å². The van der Waals surface area contributed by atoms with Crippen molar-refractivity contribution in [2.45, 2.75) is 32.1 Å². The third kappa shape index (κ3) is 4.27. The minimum absolute atomic E-state index is 0.0516. The molecule has 0 saturated carbocycles. The number of aromatic hydroxyl groups is 1. The van der Waals surface area contributed by atoms with Crippen LogP contribution in [0.2, 0.25) is 0 Å². The SMILES string of the molecule is Cc1cccc(C(=O)NCCCC(C)Cl)c1O. The molecule has 17 heavy (non-hydrogen) atoms. The summed E-state index contributed by atoms with van der Waals surface area (Å²) in [6, 6.07) is 5.13. The Morgan fingerprint density at radius 1 is 1.53 bits per heavy atom. The average molecular weight is 256 g/mol. The van der Waals surface area contributed by atoms with Crippen molar-refractivity contribution in [2.24, 2.45) is 0 Å². The van der Waals surface area contributed by atoms with Crippen LogP contribution in [0.3, 0.4) is 0 Å². The molecule has 0 radical (unpaired) electrons. The van der Waals surface area contributed by atoms with Gasteiger partial charge in [0.1, 0.15) is 5.75 Å². The van der Waals surface area contributed by atoms with E-state index in [1.54, 1.807) is 25.1 Å². The molecule has 1 rings (SSSR count). The lowest BCUT2D eigenvalue weighted by Gasteiger charge is -2.08. The van der Waals surface area contributed by atoms with E-state index in [1.807, 2.05) is 6.92 Å². The van der Waals surface area contributed by atoms with Crippen molar-refractivity contribution < 1.29 is 9.90 Å².